The number of thiocarbonyl (C=S) groups is 6. The number of hydrogen-bond donors (Lipinski definition) is 0. The van der Waals surface area contributed by atoms with E-state index in [0.717, 1.165) is 78.5 Å². The molecule has 0 N–H and O–H groups in total. The molecule has 0 aromatic heterocycles. The van der Waals surface area contributed by atoms with Gasteiger partial charge in [-0.05, 0) is 77.0 Å². The first-order chi connectivity index (χ1) is 46.3. The molecule has 0 aliphatic carbocycles. The molecule has 0 saturated carbocycles. The van der Waals surface area contributed by atoms with Gasteiger partial charge in [0.15, 0.2) is 0 Å². The summed E-state index contributed by atoms with van der Waals surface area (Å²) in [6, 6.07) is 0. The fraction of sp³-hybridized carbons (Fsp3) is 0.923. The Morgan fingerprint density at radius 1 is 0.155 bits per heavy atom. The second-order valence-electron chi connectivity index (χ2n) is 26.2. The van der Waals surface area contributed by atoms with E-state index in [0.29, 0.717) is 25.9 Å². The van der Waals surface area contributed by atoms with Crippen molar-refractivity contribution in [1.82, 2.24) is 29.4 Å². The van der Waals surface area contributed by atoms with Crippen LogP contribution in [0, 0.1) is 0 Å². The molecule has 97 heavy (non-hydrogen) atoms. The van der Waals surface area contributed by atoms with E-state index in [4.69, 9.17) is 149 Å². The monoisotopic (exact) mass is 1660 g/mol. The van der Waals surface area contributed by atoms with Gasteiger partial charge in [-0.15, -0.1) is 0 Å². The van der Waals surface area contributed by atoms with Crippen molar-refractivity contribution in [2.75, 3.05) is 78.5 Å². The summed E-state index contributed by atoms with van der Waals surface area (Å²) in [5, 5.41) is 0. The van der Waals surface area contributed by atoms with Crippen LogP contribution in [0.1, 0.15) is 391 Å². The van der Waals surface area contributed by atoms with Gasteiger partial charge in [-0.25, -0.2) is 0 Å². The van der Waals surface area contributed by atoms with Crippen molar-refractivity contribution in [3.05, 3.63) is 0 Å². The van der Waals surface area contributed by atoms with E-state index in [2.05, 4.69) is 112 Å². The van der Waals surface area contributed by atoms with E-state index in [1.54, 1.807) is 0 Å². The van der Waals surface area contributed by atoms with Crippen molar-refractivity contribution in [3.63, 3.8) is 0 Å². The standard InChI is InChI=1S/6C13H27NS2.Mo/c6*1-3-5-7-9-11-14(13(15)16)12-10-8-6-4-2;/h6*3-12H2,1-2H3,(H,15,16);/p-6. The van der Waals surface area contributed by atoms with E-state index >= 15 is 0 Å². The zero-order chi connectivity index (χ0) is 73.4. The van der Waals surface area contributed by atoms with Gasteiger partial charge in [0, 0.05) is 99.6 Å². The molecule has 0 amide bonds. The first-order valence-electron chi connectivity index (χ1n) is 40.1. The largest absolute Gasteiger partial charge is 0.411 e. The van der Waals surface area contributed by atoms with E-state index < -0.39 is 0 Å². The number of nitrogens with zero attached hydrogens (tertiary/aromatic N) is 6. The number of hydrogen-bond acceptors (Lipinski definition) is 12. The quantitative estimate of drug-likeness (QED) is 0.0249. The Morgan fingerprint density at radius 3 is 0.278 bits per heavy atom. The normalized spacial score (nSPS) is 10.3. The summed E-state index contributed by atoms with van der Waals surface area (Å²) in [4.78, 5) is 13.2. The fourth-order valence-corrected chi connectivity index (χ4v) is 12.7. The summed E-state index contributed by atoms with van der Waals surface area (Å²) in [6.07, 6.45) is 61.8. The maximum Gasteiger partial charge on any atom is 0.0162 e. The number of unbranched alkanes of at least 4 members (excludes halogenated alkanes) is 36. The third kappa shape index (κ3) is 93.4. The van der Waals surface area contributed by atoms with Gasteiger partial charge in [0.2, 0.25) is 0 Å². The van der Waals surface area contributed by atoms with Crippen LogP contribution in [0.5, 0.6) is 0 Å². The molecule has 0 aromatic rings. The molecule has 0 radical (unpaired) electrons. The van der Waals surface area contributed by atoms with Crippen LogP contribution in [0.2, 0.25) is 0 Å². The van der Waals surface area contributed by atoms with Gasteiger partial charge in [0.1, 0.15) is 0 Å². The maximum absolute atomic E-state index is 5.11. The molecule has 0 atom stereocenters. The van der Waals surface area contributed by atoms with Gasteiger partial charge in [-0.1, -0.05) is 340 Å². The summed E-state index contributed by atoms with van der Waals surface area (Å²) in [5.41, 5.74) is 0. The van der Waals surface area contributed by atoms with Crippen molar-refractivity contribution in [3.8, 4) is 0 Å². The SMILES string of the molecule is CCCCCCN(CCCCCC)C(=S)[S-].CCCCCCN(CCCCCC)C(=S)[S-].CCCCCCN(CCCCCC)C(=S)[S-].CCCCCCN(CCCCCC)C(=S)[S-].CCCCCCN(CCCCCC)C(=S)[S-].CCCCCCN(CCCCCC)C(=S)[S-].[Mo]. The van der Waals surface area contributed by atoms with Gasteiger partial charge >= 0.3 is 0 Å². The molecule has 6 nitrogen and oxygen atoms in total. The Hall–Kier alpha value is 1.35. The van der Waals surface area contributed by atoms with Crippen LogP contribution in [0.25, 0.3) is 0 Å². The van der Waals surface area contributed by atoms with Crippen LogP contribution < -0.4 is 0 Å². The Bertz CT molecular complexity index is 1260. The molecule has 0 aliphatic heterocycles. The molecular formula is C78H156MoN6S12-6. The van der Waals surface area contributed by atoms with Crippen LogP contribution >= 0.6 is 73.3 Å². The molecule has 0 unspecified atom stereocenters. The van der Waals surface area contributed by atoms with Crippen molar-refractivity contribution in [1.29, 1.82) is 0 Å². The third-order valence-electron chi connectivity index (χ3n) is 16.9. The van der Waals surface area contributed by atoms with Gasteiger partial charge < -0.3 is 178 Å². The maximum atomic E-state index is 5.11. The predicted molar refractivity (Wildman–Crippen MR) is 479 cm³/mol. The molecule has 0 aromatic carbocycles. The minimum absolute atomic E-state index is 0. The smallest absolute Gasteiger partial charge is 0.0162 e. The van der Waals surface area contributed by atoms with Crippen molar-refractivity contribution < 1.29 is 21.1 Å². The minimum Gasteiger partial charge on any atom is -0.411 e. The summed E-state index contributed by atoms with van der Waals surface area (Å²) in [7, 11) is 0. The second-order valence-corrected chi connectivity index (χ2v) is 32.4. The van der Waals surface area contributed by atoms with Gasteiger partial charge in [0.05, 0.1) is 0 Å². The first-order valence-corrected chi connectivity index (χ1v) is 45.0. The summed E-state index contributed by atoms with van der Waals surface area (Å²) in [6.45, 7) is 39.6. The van der Waals surface area contributed by atoms with Crippen molar-refractivity contribution in [2.45, 2.75) is 391 Å². The Balaban J connectivity index is -0.000000200. The summed E-state index contributed by atoms with van der Waals surface area (Å²) >= 11 is 61.4. The van der Waals surface area contributed by atoms with Crippen LogP contribution in [0.4, 0.5) is 0 Å². The molecule has 0 saturated heterocycles. The molecule has 0 heterocycles. The average Bonchev–Trinajstić information content (AvgIpc) is 3.77. The molecule has 0 aliphatic rings. The van der Waals surface area contributed by atoms with Crippen LogP contribution in [0.3, 0.4) is 0 Å². The molecule has 0 rings (SSSR count). The zero-order valence-corrected chi connectivity index (χ0v) is 77.2. The van der Waals surface area contributed by atoms with Gasteiger partial charge in [-0.2, -0.15) is 0 Å². The van der Waals surface area contributed by atoms with Gasteiger partial charge in [-0.3, -0.25) is 0 Å². The Morgan fingerprint density at radius 2 is 0.227 bits per heavy atom. The van der Waals surface area contributed by atoms with E-state index in [1.807, 2.05) is 0 Å². The van der Waals surface area contributed by atoms with E-state index in [1.165, 1.54) is 308 Å². The molecule has 0 spiro atoms. The summed E-state index contributed by atoms with van der Waals surface area (Å²) in [5.74, 6) is 0. The Kier molecular flexibility index (Phi) is 110. The van der Waals surface area contributed by atoms with Gasteiger partial charge in [0.25, 0.3) is 0 Å². The fourth-order valence-electron chi connectivity index (χ4n) is 10.5. The van der Waals surface area contributed by atoms with Crippen LogP contribution in [-0.4, -0.2) is 134 Å². The zero-order valence-electron chi connectivity index (χ0n) is 65.4. The van der Waals surface area contributed by atoms with Crippen LogP contribution in [-0.2, 0) is 96.8 Å². The average molecular weight is 1660 g/mol. The second kappa shape index (κ2) is 95.4. The predicted octanol–water partition coefficient (Wildman–Crippen LogP) is 25.7. The minimum atomic E-state index is 0. The Labute approximate surface area is 688 Å². The van der Waals surface area contributed by atoms with Crippen molar-refractivity contribution in [2.24, 2.45) is 0 Å². The molecular weight excluding hydrogens is 1500 g/mol. The molecule has 582 valence electrons. The molecule has 19 heteroatoms. The van der Waals surface area contributed by atoms with Crippen molar-refractivity contribution >= 4 is 175 Å². The molecule has 0 bridgehead atoms. The first kappa shape index (κ1) is 112. The van der Waals surface area contributed by atoms with E-state index in [-0.39, 0.29) is 21.1 Å². The topological polar surface area (TPSA) is 19.4 Å². The number of rotatable bonds is 60. The van der Waals surface area contributed by atoms with Crippen LogP contribution in [0.15, 0.2) is 0 Å². The van der Waals surface area contributed by atoms with E-state index in [9.17, 15) is 0 Å². The molecule has 0 fully saturated rings. The summed E-state index contributed by atoms with van der Waals surface area (Å²) < 4.78 is 3.96. The third-order valence-corrected chi connectivity index (χ3v) is 20.0.